The summed E-state index contributed by atoms with van der Waals surface area (Å²) in [5.74, 6) is -2.36. The molecule has 1 aromatic rings. The Kier molecular flexibility index (Phi) is 7.71. The van der Waals surface area contributed by atoms with E-state index in [1.807, 2.05) is 0 Å². The van der Waals surface area contributed by atoms with Crippen LogP contribution in [0.2, 0.25) is 0 Å². The number of anilines is 1. The summed E-state index contributed by atoms with van der Waals surface area (Å²) in [7, 11) is 3.08. The lowest BCUT2D eigenvalue weighted by Crippen LogP contribution is -2.39. The fourth-order valence-electron chi connectivity index (χ4n) is 1.42. The van der Waals surface area contributed by atoms with E-state index in [4.69, 9.17) is 0 Å². The molecule has 0 aliphatic rings. The third kappa shape index (κ3) is 5.94. The van der Waals surface area contributed by atoms with Gasteiger partial charge in [-0.2, -0.15) is 0 Å². The standard InChI is InChI=1S/C12H15F2N3O2.ClH/c1-15-6-12(19)17(2)7-11(18)16-10-4-8(13)3-9(14)5-10;/h3-5,15H,6-7H2,1-2H3,(H,16,18);1H. The van der Waals surface area contributed by atoms with Crippen LogP contribution in [-0.2, 0) is 9.59 Å². The zero-order valence-corrected chi connectivity index (χ0v) is 11.9. The number of hydrogen-bond donors (Lipinski definition) is 2. The summed E-state index contributed by atoms with van der Waals surface area (Å²) >= 11 is 0. The Morgan fingerprint density at radius 3 is 2.25 bits per heavy atom. The van der Waals surface area contributed by atoms with Gasteiger partial charge in [-0.25, -0.2) is 8.78 Å². The van der Waals surface area contributed by atoms with Crippen LogP contribution in [0.4, 0.5) is 14.5 Å². The molecule has 2 amide bonds. The molecule has 1 aromatic carbocycles. The van der Waals surface area contributed by atoms with Crippen molar-refractivity contribution in [1.29, 1.82) is 0 Å². The average molecular weight is 308 g/mol. The highest BCUT2D eigenvalue weighted by Crippen LogP contribution is 2.12. The predicted molar refractivity (Wildman–Crippen MR) is 73.8 cm³/mol. The average Bonchev–Trinajstić information content (AvgIpc) is 2.27. The Hall–Kier alpha value is -1.73. The maximum absolute atomic E-state index is 12.9. The van der Waals surface area contributed by atoms with Gasteiger partial charge >= 0.3 is 0 Å². The maximum Gasteiger partial charge on any atom is 0.243 e. The second-order valence-electron chi connectivity index (χ2n) is 3.99. The third-order valence-corrected chi connectivity index (χ3v) is 2.28. The van der Waals surface area contributed by atoms with Crippen molar-refractivity contribution in [3.05, 3.63) is 29.8 Å². The first-order valence-electron chi connectivity index (χ1n) is 5.57. The molecule has 8 heteroatoms. The van der Waals surface area contributed by atoms with Crippen LogP contribution in [-0.4, -0.2) is 43.9 Å². The van der Waals surface area contributed by atoms with E-state index in [1.165, 1.54) is 11.9 Å². The molecule has 0 saturated carbocycles. The molecule has 0 atom stereocenters. The number of likely N-dealkylation sites (N-methyl/N-ethyl adjacent to an activating group) is 2. The summed E-state index contributed by atoms with van der Waals surface area (Å²) in [4.78, 5) is 24.2. The lowest BCUT2D eigenvalue weighted by atomic mass is 10.3. The molecule has 20 heavy (non-hydrogen) atoms. The lowest BCUT2D eigenvalue weighted by Gasteiger charge is -2.16. The van der Waals surface area contributed by atoms with Gasteiger partial charge in [0.05, 0.1) is 13.1 Å². The smallest absolute Gasteiger partial charge is 0.243 e. The molecule has 1 rings (SSSR count). The van der Waals surface area contributed by atoms with Crippen LogP contribution in [0.25, 0.3) is 0 Å². The lowest BCUT2D eigenvalue weighted by molar-refractivity contribution is -0.132. The summed E-state index contributed by atoms with van der Waals surface area (Å²) in [6.45, 7) is -0.0863. The fourth-order valence-corrected chi connectivity index (χ4v) is 1.42. The summed E-state index contributed by atoms with van der Waals surface area (Å²) in [5.41, 5.74) is 0.0111. The molecule has 0 aliphatic carbocycles. The number of amides is 2. The molecular formula is C12H16ClF2N3O2. The first kappa shape index (κ1) is 18.3. The second kappa shape index (κ2) is 8.44. The normalized spacial score (nSPS) is 9.60. The number of carbonyl (C=O) groups excluding carboxylic acids is 2. The van der Waals surface area contributed by atoms with Gasteiger partial charge in [0, 0.05) is 18.8 Å². The third-order valence-electron chi connectivity index (χ3n) is 2.28. The van der Waals surface area contributed by atoms with E-state index >= 15 is 0 Å². The zero-order chi connectivity index (χ0) is 14.4. The minimum atomic E-state index is -0.782. The van der Waals surface area contributed by atoms with Gasteiger partial charge in [0.25, 0.3) is 0 Å². The molecule has 5 nitrogen and oxygen atoms in total. The molecule has 0 heterocycles. The highest BCUT2D eigenvalue weighted by atomic mass is 35.5. The molecule has 2 N–H and O–H groups in total. The van der Waals surface area contributed by atoms with Crippen LogP contribution in [0.3, 0.4) is 0 Å². The van der Waals surface area contributed by atoms with E-state index < -0.39 is 17.5 Å². The van der Waals surface area contributed by atoms with Gasteiger partial charge in [-0.05, 0) is 19.2 Å². The minimum absolute atomic E-state index is 0. The Labute approximate surface area is 121 Å². The van der Waals surface area contributed by atoms with Crippen LogP contribution in [0, 0.1) is 11.6 Å². The molecule has 112 valence electrons. The molecule has 0 spiro atoms. The van der Waals surface area contributed by atoms with E-state index in [0.717, 1.165) is 12.1 Å². The Morgan fingerprint density at radius 2 is 1.75 bits per heavy atom. The van der Waals surface area contributed by atoms with Crippen LogP contribution >= 0.6 is 12.4 Å². The van der Waals surface area contributed by atoms with Crippen LogP contribution < -0.4 is 10.6 Å². The van der Waals surface area contributed by atoms with E-state index in [1.54, 1.807) is 7.05 Å². The van der Waals surface area contributed by atoms with Crippen molar-refractivity contribution in [3.8, 4) is 0 Å². The summed E-state index contributed by atoms with van der Waals surface area (Å²) in [5, 5.41) is 4.98. The van der Waals surface area contributed by atoms with E-state index in [9.17, 15) is 18.4 Å². The monoisotopic (exact) mass is 307 g/mol. The van der Waals surface area contributed by atoms with E-state index in [2.05, 4.69) is 10.6 Å². The SMILES string of the molecule is CNCC(=O)N(C)CC(=O)Nc1cc(F)cc(F)c1.Cl. The van der Waals surface area contributed by atoms with Gasteiger partial charge in [0.2, 0.25) is 11.8 Å². The Morgan fingerprint density at radius 1 is 1.20 bits per heavy atom. The van der Waals surface area contributed by atoms with Gasteiger partial charge in [-0.3, -0.25) is 9.59 Å². The van der Waals surface area contributed by atoms with Gasteiger partial charge in [-0.1, -0.05) is 0 Å². The molecule has 0 fully saturated rings. The number of nitrogens with zero attached hydrogens (tertiary/aromatic N) is 1. The first-order chi connectivity index (χ1) is 8.92. The second-order valence-corrected chi connectivity index (χ2v) is 3.99. The van der Waals surface area contributed by atoms with E-state index in [0.29, 0.717) is 6.07 Å². The topological polar surface area (TPSA) is 61.4 Å². The quantitative estimate of drug-likeness (QED) is 0.853. The number of rotatable bonds is 5. The molecule has 0 aromatic heterocycles. The first-order valence-corrected chi connectivity index (χ1v) is 5.57. The molecule has 0 radical (unpaired) electrons. The van der Waals surface area contributed by atoms with Gasteiger partial charge < -0.3 is 15.5 Å². The van der Waals surface area contributed by atoms with Crippen LogP contribution in [0.5, 0.6) is 0 Å². The maximum atomic E-state index is 12.9. The molecule has 0 unspecified atom stereocenters. The molecule has 0 aliphatic heterocycles. The van der Waals surface area contributed by atoms with Crippen molar-refractivity contribution in [2.24, 2.45) is 0 Å². The number of nitrogens with one attached hydrogen (secondary N) is 2. The zero-order valence-electron chi connectivity index (χ0n) is 11.1. The van der Waals surface area contributed by atoms with Crippen molar-refractivity contribution in [2.75, 3.05) is 32.5 Å². The molecule has 0 bridgehead atoms. The van der Waals surface area contributed by atoms with Crippen LogP contribution in [0.1, 0.15) is 0 Å². The highest BCUT2D eigenvalue weighted by Gasteiger charge is 2.12. The van der Waals surface area contributed by atoms with Crippen molar-refractivity contribution in [2.45, 2.75) is 0 Å². The number of hydrogen-bond acceptors (Lipinski definition) is 3. The Balaban J connectivity index is 0.00000361. The van der Waals surface area contributed by atoms with Gasteiger partial charge in [0.1, 0.15) is 11.6 Å². The van der Waals surface area contributed by atoms with Crippen LogP contribution in [0.15, 0.2) is 18.2 Å². The van der Waals surface area contributed by atoms with Crippen molar-refractivity contribution >= 4 is 29.9 Å². The number of halogens is 3. The summed E-state index contributed by atoms with van der Waals surface area (Å²) in [6, 6.07) is 2.70. The largest absolute Gasteiger partial charge is 0.335 e. The molecule has 0 saturated heterocycles. The highest BCUT2D eigenvalue weighted by molar-refractivity contribution is 5.94. The van der Waals surface area contributed by atoms with Gasteiger partial charge in [-0.15, -0.1) is 12.4 Å². The van der Waals surface area contributed by atoms with Gasteiger partial charge in [0.15, 0.2) is 0 Å². The number of carbonyl (C=O) groups is 2. The van der Waals surface area contributed by atoms with Crippen molar-refractivity contribution < 1.29 is 18.4 Å². The Bertz CT molecular complexity index is 466. The number of benzene rings is 1. The van der Waals surface area contributed by atoms with E-state index in [-0.39, 0.29) is 37.1 Å². The summed E-state index contributed by atoms with van der Waals surface area (Å²) < 4.78 is 25.8. The van der Waals surface area contributed by atoms with Crippen molar-refractivity contribution in [1.82, 2.24) is 10.2 Å². The minimum Gasteiger partial charge on any atom is -0.335 e. The summed E-state index contributed by atoms with van der Waals surface area (Å²) in [6.07, 6.45) is 0. The van der Waals surface area contributed by atoms with Crippen molar-refractivity contribution in [3.63, 3.8) is 0 Å². The fraction of sp³-hybridized carbons (Fsp3) is 0.333. The molecular weight excluding hydrogens is 292 g/mol. The predicted octanol–water partition coefficient (Wildman–Crippen LogP) is 1.00.